The molecule has 0 heterocycles. The minimum absolute atomic E-state index is 0.631. The lowest BCUT2D eigenvalue weighted by Crippen LogP contribution is -1.99. The highest BCUT2D eigenvalue weighted by Crippen LogP contribution is 2.14. The van der Waals surface area contributed by atoms with Crippen molar-refractivity contribution in [2.24, 2.45) is 0 Å². The Bertz CT molecular complexity index is 435. The van der Waals surface area contributed by atoms with Crippen LogP contribution in [0.3, 0.4) is 0 Å². The summed E-state index contributed by atoms with van der Waals surface area (Å²) in [5.74, 6) is 0.935. The Morgan fingerprint density at radius 1 is 1.12 bits per heavy atom. The van der Waals surface area contributed by atoms with Crippen molar-refractivity contribution in [3.05, 3.63) is 65.8 Å². The van der Waals surface area contributed by atoms with Crippen LogP contribution < -0.4 is 4.74 Å². The Balaban J connectivity index is 1.92. The van der Waals surface area contributed by atoms with Crippen molar-refractivity contribution < 1.29 is 4.74 Å². The van der Waals surface area contributed by atoms with Gasteiger partial charge >= 0.3 is 0 Å². The second-order valence-corrected chi connectivity index (χ2v) is 4.09. The molecular formula is C16H18O. The maximum Gasteiger partial charge on any atom is 0.119 e. The average Bonchev–Trinajstić information content (AvgIpc) is 2.65. The molecule has 1 aromatic carbocycles. The minimum atomic E-state index is 0.631. The summed E-state index contributed by atoms with van der Waals surface area (Å²) < 4.78 is 5.75. The molecule has 0 saturated carbocycles. The molecule has 0 unspecified atom stereocenters. The van der Waals surface area contributed by atoms with Gasteiger partial charge in [0, 0.05) is 0 Å². The Labute approximate surface area is 103 Å². The van der Waals surface area contributed by atoms with E-state index in [-0.39, 0.29) is 0 Å². The van der Waals surface area contributed by atoms with Gasteiger partial charge in [-0.3, -0.25) is 0 Å². The third-order valence-corrected chi connectivity index (χ3v) is 2.79. The molecule has 0 bridgehead atoms. The van der Waals surface area contributed by atoms with Crippen LogP contribution in [0.25, 0.3) is 0 Å². The van der Waals surface area contributed by atoms with Gasteiger partial charge in [-0.05, 0) is 36.1 Å². The first-order valence-corrected chi connectivity index (χ1v) is 6.12. The fourth-order valence-corrected chi connectivity index (χ4v) is 1.71. The van der Waals surface area contributed by atoms with Gasteiger partial charge in [0.15, 0.2) is 0 Å². The molecule has 0 fully saturated rings. The van der Waals surface area contributed by atoms with Crippen molar-refractivity contribution in [1.82, 2.24) is 0 Å². The standard InChI is InChI=1S/C16H18O/c1-2-14-9-11-16(12-10-14)17-13-15-7-5-3-4-6-8-15/h3,5-12H,2,4,13H2,1H3. The van der Waals surface area contributed by atoms with Gasteiger partial charge in [-0.25, -0.2) is 0 Å². The topological polar surface area (TPSA) is 9.23 Å². The molecule has 1 nitrogen and oxygen atoms in total. The van der Waals surface area contributed by atoms with Crippen molar-refractivity contribution >= 4 is 0 Å². The monoisotopic (exact) mass is 226 g/mol. The third-order valence-electron chi connectivity index (χ3n) is 2.79. The smallest absolute Gasteiger partial charge is 0.119 e. The summed E-state index contributed by atoms with van der Waals surface area (Å²) in [6.45, 7) is 2.79. The number of rotatable bonds is 4. The Morgan fingerprint density at radius 2 is 1.94 bits per heavy atom. The largest absolute Gasteiger partial charge is 0.489 e. The quantitative estimate of drug-likeness (QED) is 0.752. The average molecular weight is 226 g/mol. The van der Waals surface area contributed by atoms with Crippen molar-refractivity contribution in [3.8, 4) is 5.75 Å². The molecule has 1 aromatic rings. The summed E-state index contributed by atoms with van der Waals surface area (Å²) in [6, 6.07) is 8.31. The number of ether oxygens (including phenoxy) is 1. The van der Waals surface area contributed by atoms with Gasteiger partial charge < -0.3 is 4.74 Å². The molecule has 0 radical (unpaired) electrons. The molecule has 1 aliphatic rings. The fourth-order valence-electron chi connectivity index (χ4n) is 1.71. The second kappa shape index (κ2) is 6.09. The van der Waals surface area contributed by atoms with E-state index in [2.05, 4.69) is 49.4 Å². The molecule has 0 aliphatic heterocycles. The van der Waals surface area contributed by atoms with Crippen LogP contribution in [0.5, 0.6) is 5.75 Å². The summed E-state index contributed by atoms with van der Waals surface area (Å²) in [5.41, 5.74) is 2.55. The van der Waals surface area contributed by atoms with Gasteiger partial charge in [0.25, 0.3) is 0 Å². The molecule has 0 aromatic heterocycles. The molecule has 0 amide bonds. The summed E-state index contributed by atoms with van der Waals surface area (Å²) in [4.78, 5) is 0. The van der Waals surface area contributed by atoms with E-state index in [0.29, 0.717) is 6.61 Å². The number of benzene rings is 1. The van der Waals surface area contributed by atoms with Crippen LogP contribution >= 0.6 is 0 Å². The Morgan fingerprint density at radius 3 is 2.71 bits per heavy atom. The van der Waals surface area contributed by atoms with Gasteiger partial charge in [0.1, 0.15) is 12.4 Å². The van der Waals surface area contributed by atoms with Crippen molar-refractivity contribution in [3.63, 3.8) is 0 Å². The zero-order chi connectivity index (χ0) is 11.9. The summed E-state index contributed by atoms with van der Waals surface area (Å²) in [6.07, 6.45) is 12.7. The van der Waals surface area contributed by atoms with E-state index in [1.807, 2.05) is 12.1 Å². The predicted octanol–water partition coefficient (Wildman–Crippen LogP) is 4.07. The lowest BCUT2D eigenvalue weighted by atomic mass is 10.2. The summed E-state index contributed by atoms with van der Waals surface area (Å²) >= 11 is 0. The van der Waals surface area contributed by atoms with E-state index in [4.69, 9.17) is 4.74 Å². The van der Waals surface area contributed by atoms with Gasteiger partial charge in [-0.1, -0.05) is 49.4 Å². The highest BCUT2D eigenvalue weighted by Gasteiger charge is 1.97. The molecule has 1 heteroatoms. The summed E-state index contributed by atoms with van der Waals surface area (Å²) in [5, 5.41) is 0. The van der Waals surface area contributed by atoms with E-state index in [0.717, 1.165) is 18.6 Å². The Kier molecular flexibility index (Phi) is 4.20. The van der Waals surface area contributed by atoms with Crippen molar-refractivity contribution in [2.75, 3.05) is 6.61 Å². The maximum absolute atomic E-state index is 5.75. The second-order valence-electron chi connectivity index (χ2n) is 4.09. The van der Waals surface area contributed by atoms with Gasteiger partial charge in [-0.2, -0.15) is 0 Å². The van der Waals surface area contributed by atoms with Crippen LogP contribution in [0.15, 0.2) is 60.2 Å². The molecule has 1 aliphatic carbocycles. The van der Waals surface area contributed by atoms with E-state index < -0.39 is 0 Å². The zero-order valence-electron chi connectivity index (χ0n) is 10.2. The lowest BCUT2D eigenvalue weighted by molar-refractivity contribution is 0.355. The molecule has 2 rings (SSSR count). The maximum atomic E-state index is 5.75. The van der Waals surface area contributed by atoms with Gasteiger partial charge in [0.2, 0.25) is 0 Å². The fraction of sp³-hybridized carbons (Fsp3) is 0.250. The number of aryl methyl sites for hydroxylation is 1. The van der Waals surface area contributed by atoms with E-state index in [1.165, 1.54) is 11.1 Å². The summed E-state index contributed by atoms with van der Waals surface area (Å²) in [7, 11) is 0. The molecule has 0 N–H and O–H groups in total. The van der Waals surface area contributed by atoms with Crippen molar-refractivity contribution in [2.45, 2.75) is 19.8 Å². The van der Waals surface area contributed by atoms with Crippen LogP contribution in [-0.2, 0) is 6.42 Å². The van der Waals surface area contributed by atoms with Gasteiger partial charge in [0.05, 0.1) is 0 Å². The van der Waals surface area contributed by atoms with Crippen molar-refractivity contribution in [1.29, 1.82) is 0 Å². The number of hydrogen-bond donors (Lipinski definition) is 0. The highest BCUT2D eigenvalue weighted by molar-refractivity contribution is 5.31. The van der Waals surface area contributed by atoms with Gasteiger partial charge in [-0.15, -0.1) is 0 Å². The van der Waals surface area contributed by atoms with E-state index >= 15 is 0 Å². The highest BCUT2D eigenvalue weighted by atomic mass is 16.5. The number of hydrogen-bond acceptors (Lipinski definition) is 1. The first-order valence-electron chi connectivity index (χ1n) is 6.12. The van der Waals surface area contributed by atoms with Crippen LogP contribution in [0.1, 0.15) is 18.9 Å². The van der Waals surface area contributed by atoms with Crippen LogP contribution in [0.2, 0.25) is 0 Å². The predicted molar refractivity (Wildman–Crippen MR) is 72.3 cm³/mol. The normalized spacial score (nSPS) is 14.3. The number of allylic oxidation sites excluding steroid dienone is 4. The molecule has 0 saturated heterocycles. The molecule has 88 valence electrons. The van der Waals surface area contributed by atoms with Crippen LogP contribution in [0.4, 0.5) is 0 Å². The Hall–Kier alpha value is -1.76. The molecular weight excluding hydrogens is 208 g/mol. The van der Waals surface area contributed by atoms with Crippen LogP contribution in [-0.4, -0.2) is 6.61 Å². The SMILES string of the molecule is CCc1ccc(OCC2=CC=CCC=C2)cc1. The molecule has 0 spiro atoms. The van der Waals surface area contributed by atoms with E-state index in [9.17, 15) is 0 Å². The van der Waals surface area contributed by atoms with E-state index in [1.54, 1.807) is 0 Å². The first kappa shape index (κ1) is 11.7. The molecule has 17 heavy (non-hydrogen) atoms. The van der Waals surface area contributed by atoms with Crippen LogP contribution in [0, 0.1) is 0 Å². The lowest BCUT2D eigenvalue weighted by Gasteiger charge is -2.07. The molecule has 0 atom stereocenters. The first-order chi connectivity index (χ1) is 8.38. The minimum Gasteiger partial charge on any atom is -0.489 e. The zero-order valence-corrected chi connectivity index (χ0v) is 10.2. The third kappa shape index (κ3) is 3.63.